The van der Waals surface area contributed by atoms with Crippen LogP contribution in [0.3, 0.4) is 0 Å². The minimum atomic E-state index is -0.414. The van der Waals surface area contributed by atoms with Crippen LogP contribution in [0.4, 0.5) is 16.0 Å². The van der Waals surface area contributed by atoms with Crippen molar-refractivity contribution in [2.24, 2.45) is 7.05 Å². The largest absolute Gasteiger partial charge is 0.373 e. The fraction of sp³-hybridized carbons (Fsp3) is 0.269. The standard InChI is InChI=1S/C26H30ClFN6/c1-6-9-18(13-15-33(4)25(8-3)19-10-11-20(27)21(28)16-19)23-12-14-29-26(30-23)31-24-17-34(5)32-22(24)7-2/h6,9-17,25H,1,7-8H2,2-5H3,(H,29,30,31)/b15-13-,18-9+. The van der Waals surface area contributed by atoms with Crippen LogP contribution in [0.5, 0.6) is 0 Å². The summed E-state index contributed by atoms with van der Waals surface area (Å²) in [6, 6.07) is 6.79. The average Bonchev–Trinajstić information content (AvgIpc) is 3.18. The summed E-state index contributed by atoms with van der Waals surface area (Å²) in [5.41, 5.74) is 4.31. The normalized spacial score (nSPS) is 12.7. The molecule has 2 heterocycles. The molecule has 3 aromatic rings. The first-order valence-corrected chi connectivity index (χ1v) is 11.5. The number of hydrogen-bond donors (Lipinski definition) is 1. The van der Waals surface area contributed by atoms with Crippen molar-refractivity contribution in [2.45, 2.75) is 32.7 Å². The predicted molar refractivity (Wildman–Crippen MR) is 137 cm³/mol. The summed E-state index contributed by atoms with van der Waals surface area (Å²) in [6.07, 6.45) is 12.8. The SMILES string of the molecule is C=C/C=C(\C=C/N(C)C(CC)c1ccc(Cl)c(F)c1)c1ccnc(Nc2cn(C)nc2CC)n1. The Kier molecular flexibility index (Phi) is 8.60. The first-order valence-electron chi connectivity index (χ1n) is 11.2. The Morgan fingerprint density at radius 3 is 2.79 bits per heavy atom. The van der Waals surface area contributed by atoms with Crippen LogP contribution in [0.2, 0.25) is 5.02 Å². The van der Waals surface area contributed by atoms with Crippen LogP contribution in [-0.4, -0.2) is 31.7 Å². The monoisotopic (exact) mass is 480 g/mol. The molecule has 1 atom stereocenters. The van der Waals surface area contributed by atoms with Crippen molar-refractivity contribution in [3.63, 3.8) is 0 Å². The predicted octanol–water partition coefficient (Wildman–Crippen LogP) is 6.47. The van der Waals surface area contributed by atoms with Gasteiger partial charge in [0, 0.05) is 32.1 Å². The zero-order chi connectivity index (χ0) is 24.7. The van der Waals surface area contributed by atoms with E-state index in [9.17, 15) is 4.39 Å². The van der Waals surface area contributed by atoms with E-state index in [0.29, 0.717) is 5.95 Å². The van der Waals surface area contributed by atoms with E-state index in [1.54, 1.807) is 23.0 Å². The maximum atomic E-state index is 14.0. The molecule has 0 aliphatic rings. The highest BCUT2D eigenvalue weighted by Crippen LogP contribution is 2.27. The van der Waals surface area contributed by atoms with Crippen molar-refractivity contribution in [1.82, 2.24) is 24.6 Å². The molecule has 0 spiro atoms. The van der Waals surface area contributed by atoms with Gasteiger partial charge in [-0.2, -0.15) is 5.10 Å². The Morgan fingerprint density at radius 1 is 1.32 bits per heavy atom. The lowest BCUT2D eigenvalue weighted by Crippen LogP contribution is -2.18. The second kappa shape index (κ2) is 11.6. The van der Waals surface area contributed by atoms with Crippen LogP contribution in [0.25, 0.3) is 5.57 Å². The van der Waals surface area contributed by atoms with E-state index in [2.05, 4.69) is 40.8 Å². The molecule has 1 N–H and O–H groups in total. The van der Waals surface area contributed by atoms with Crippen LogP contribution in [-0.2, 0) is 13.5 Å². The first kappa shape index (κ1) is 25.2. The van der Waals surface area contributed by atoms with Crippen LogP contribution >= 0.6 is 11.6 Å². The van der Waals surface area contributed by atoms with Crippen LogP contribution < -0.4 is 5.32 Å². The molecule has 1 unspecified atom stereocenters. The number of aryl methyl sites for hydroxylation is 2. The molecule has 3 rings (SSSR count). The van der Waals surface area contributed by atoms with E-state index in [-0.39, 0.29) is 11.1 Å². The van der Waals surface area contributed by atoms with Crippen molar-refractivity contribution in [3.05, 3.63) is 95.5 Å². The van der Waals surface area contributed by atoms with Gasteiger partial charge in [0.1, 0.15) is 5.82 Å². The van der Waals surface area contributed by atoms with Gasteiger partial charge in [0.2, 0.25) is 5.95 Å². The molecular formula is C26H30ClFN6. The van der Waals surface area contributed by atoms with Crippen LogP contribution in [0.1, 0.15) is 43.3 Å². The molecule has 0 amide bonds. The average molecular weight is 481 g/mol. The molecule has 0 saturated heterocycles. The molecule has 0 bridgehead atoms. The Balaban J connectivity index is 1.83. The molecule has 0 saturated carbocycles. The molecule has 1 aromatic carbocycles. The first-order chi connectivity index (χ1) is 16.4. The third-order valence-corrected chi connectivity index (χ3v) is 5.74. The summed E-state index contributed by atoms with van der Waals surface area (Å²) in [7, 11) is 3.85. The second-order valence-electron chi connectivity index (χ2n) is 7.84. The minimum absolute atomic E-state index is 0.00586. The van der Waals surface area contributed by atoms with Gasteiger partial charge in [0.15, 0.2) is 0 Å². The number of benzene rings is 1. The van der Waals surface area contributed by atoms with Crippen molar-refractivity contribution in [2.75, 3.05) is 12.4 Å². The van der Waals surface area contributed by atoms with E-state index >= 15 is 0 Å². The Bertz CT molecular complexity index is 1200. The summed E-state index contributed by atoms with van der Waals surface area (Å²) in [5.74, 6) is 0.0723. The van der Waals surface area contributed by atoms with Gasteiger partial charge in [-0.15, -0.1) is 0 Å². The van der Waals surface area contributed by atoms with Crippen LogP contribution in [0, 0.1) is 5.82 Å². The second-order valence-corrected chi connectivity index (χ2v) is 8.25. The van der Waals surface area contributed by atoms with Gasteiger partial charge in [0.25, 0.3) is 0 Å². The summed E-state index contributed by atoms with van der Waals surface area (Å²) in [5, 5.41) is 7.84. The minimum Gasteiger partial charge on any atom is -0.373 e. The summed E-state index contributed by atoms with van der Waals surface area (Å²) < 4.78 is 15.8. The Morgan fingerprint density at radius 2 is 2.12 bits per heavy atom. The van der Waals surface area contributed by atoms with E-state index in [1.807, 2.05) is 55.7 Å². The maximum absolute atomic E-state index is 14.0. The molecule has 6 nitrogen and oxygen atoms in total. The number of aromatic nitrogens is 4. The molecule has 34 heavy (non-hydrogen) atoms. The molecule has 0 radical (unpaired) electrons. The zero-order valence-electron chi connectivity index (χ0n) is 20.0. The number of rotatable bonds is 10. The van der Waals surface area contributed by atoms with E-state index in [4.69, 9.17) is 11.6 Å². The van der Waals surface area contributed by atoms with Crippen molar-refractivity contribution in [1.29, 1.82) is 0 Å². The lowest BCUT2D eigenvalue weighted by atomic mass is 10.0. The summed E-state index contributed by atoms with van der Waals surface area (Å²) >= 11 is 5.85. The lowest BCUT2D eigenvalue weighted by Gasteiger charge is -2.26. The maximum Gasteiger partial charge on any atom is 0.227 e. The third-order valence-electron chi connectivity index (χ3n) is 5.43. The van der Waals surface area contributed by atoms with Crippen molar-refractivity contribution in [3.8, 4) is 0 Å². The fourth-order valence-electron chi connectivity index (χ4n) is 3.73. The van der Waals surface area contributed by atoms with E-state index < -0.39 is 5.82 Å². The van der Waals surface area contributed by atoms with E-state index in [1.165, 1.54) is 6.07 Å². The van der Waals surface area contributed by atoms with Crippen LogP contribution in [0.15, 0.2) is 67.7 Å². The molecule has 0 aliphatic carbocycles. The molecule has 178 valence electrons. The number of anilines is 2. The number of allylic oxidation sites excluding steroid dienone is 4. The molecule has 8 heteroatoms. The highest BCUT2D eigenvalue weighted by atomic mass is 35.5. The Hall–Kier alpha value is -3.45. The van der Waals surface area contributed by atoms with Gasteiger partial charge >= 0.3 is 0 Å². The number of hydrogen-bond acceptors (Lipinski definition) is 5. The van der Waals surface area contributed by atoms with Gasteiger partial charge in [-0.25, -0.2) is 14.4 Å². The Labute approximate surface area is 205 Å². The molecule has 2 aromatic heterocycles. The zero-order valence-corrected chi connectivity index (χ0v) is 20.7. The summed E-state index contributed by atoms with van der Waals surface area (Å²) in [6.45, 7) is 7.95. The molecule has 0 fully saturated rings. The molecular weight excluding hydrogens is 451 g/mol. The molecule has 0 aliphatic heterocycles. The highest BCUT2D eigenvalue weighted by molar-refractivity contribution is 6.30. The van der Waals surface area contributed by atoms with Crippen molar-refractivity contribution >= 4 is 28.8 Å². The van der Waals surface area contributed by atoms with Gasteiger partial charge in [0.05, 0.1) is 28.1 Å². The smallest absolute Gasteiger partial charge is 0.227 e. The van der Waals surface area contributed by atoms with Crippen molar-refractivity contribution < 1.29 is 4.39 Å². The number of nitrogens with zero attached hydrogens (tertiary/aromatic N) is 5. The van der Waals surface area contributed by atoms with Gasteiger partial charge in [-0.1, -0.05) is 50.2 Å². The lowest BCUT2D eigenvalue weighted by molar-refractivity contribution is 0.327. The van der Waals surface area contributed by atoms with Gasteiger partial charge < -0.3 is 10.2 Å². The number of nitrogens with one attached hydrogen (secondary N) is 1. The topological polar surface area (TPSA) is 58.9 Å². The van der Waals surface area contributed by atoms with E-state index in [0.717, 1.165) is 41.1 Å². The third kappa shape index (κ3) is 6.11. The van der Waals surface area contributed by atoms with Gasteiger partial charge in [-0.05, 0) is 48.9 Å². The summed E-state index contributed by atoms with van der Waals surface area (Å²) in [4.78, 5) is 11.1. The highest BCUT2D eigenvalue weighted by Gasteiger charge is 2.15. The van der Waals surface area contributed by atoms with Gasteiger partial charge in [-0.3, -0.25) is 4.68 Å². The number of halogens is 2. The fourth-order valence-corrected chi connectivity index (χ4v) is 3.85. The quantitative estimate of drug-likeness (QED) is 0.337.